The van der Waals surface area contributed by atoms with E-state index in [1.54, 1.807) is 60.0 Å². The highest BCUT2D eigenvalue weighted by Gasteiger charge is 2.15. The number of pyridine rings is 1. The molecule has 0 fully saturated rings. The average molecular weight is 504 g/mol. The van der Waals surface area contributed by atoms with E-state index in [1.165, 1.54) is 4.88 Å². The van der Waals surface area contributed by atoms with Crippen molar-refractivity contribution >= 4 is 17.4 Å². The monoisotopic (exact) mass is 503 g/mol. The molecule has 2 aromatic heterocycles. The van der Waals surface area contributed by atoms with Crippen LogP contribution < -0.4 is 14.2 Å². The quantitative estimate of drug-likeness (QED) is 0.258. The average Bonchev–Trinajstić information content (AvgIpc) is 3.29. The van der Waals surface area contributed by atoms with Crippen molar-refractivity contribution in [3.8, 4) is 27.8 Å². The number of thiazole rings is 1. The maximum atomic E-state index is 12.6. The summed E-state index contributed by atoms with van der Waals surface area (Å²) in [6.45, 7) is 5.52. The van der Waals surface area contributed by atoms with Gasteiger partial charge in [0.15, 0.2) is 0 Å². The van der Waals surface area contributed by atoms with Crippen LogP contribution >= 0.6 is 11.3 Å². The maximum absolute atomic E-state index is 12.6. The molecule has 0 atom stereocenters. The molecule has 36 heavy (non-hydrogen) atoms. The van der Waals surface area contributed by atoms with Gasteiger partial charge in [0.05, 0.1) is 19.4 Å². The fraction of sp³-hybridized carbons (Fsp3) is 0.250. The standard InChI is InChI=1S/C28H29N3O4S/c1-4-31(28(32)35-25-11-9-23(33-3)10-12-25)19-21-5-7-24(8-6-21)34-18-15-26-20(2)36-27(30-26)22-13-16-29-17-14-22/h5-14,16-17H,4,15,18-19H2,1-3H3. The van der Waals surface area contributed by atoms with Gasteiger partial charge in [0.25, 0.3) is 0 Å². The Morgan fingerprint density at radius 3 is 2.28 bits per heavy atom. The lowest BCUT2D eigenvalue weighted by molar-refractivity contribution is 0.152. The second-order valence-corrected chi connectivity index (χ2v) is 9.26. The Hall–Kier alpha value is -3.91. The molecule has 2 aromatic carbocycles. The van der Waals surface area contributed by atoms with E-state index in [1.807, 2.05) is 43.3 Å². The number of rotatable bonds is 10. The first kappa shape index (κ1) is 25.2. The second-order valence-electron chi connectivity index (χ2n) is 8.06. The van der Waals surface area contributed by atoms with Crippen molar-refractivity contribution in [2.24, 2.45) is 0 Å². The number of amides is 1. The van der Waals surface area contributed by atoms with Crippen LogP contribution in [0.3, 0.4) is 0 Å². The number of nitrogens with zero attached hydrogens (tertiary/aromatic N) is 3. The SMILES string of the molecule is CCN(Cc1ccc(OCCc2nc(-c3ccncc3)sc2C)cc1)C(=O)Oc1ccc(OC)cc1. The fourth-order valence-corrected chi connectivity index (χ4v) is 4.53. The lowest BCUT2D eigenvalue weighted by atomic mass is 10.2. The summed E-state index contributed by atoms with van der Waals surface area (Å²) < 4.78 is 16.6. The van der Waals surface area contributed by atoms with E-state index in [9.17, 15) is 4.79 Å². The number of aromatic nitrogens is 2. The van der Waals surface area contributed by atoms with E-state index in [-0.39, 0.29) is 0 Å². The predicted octanol–water partition coefficient (Wildman–Crippen LogP) is 6.16. The summed E-state index contributed by atoms with van der Waals surface area (Å²) in [5.41, 5.74) is 3.13. The Balaban J connectivity index is 1.27. The molecule has 2 heterocycles. The number of carbonyl (C=O) groups excluding carboxylic acids is 1. The molecular formula is C28H29N3O4S. The van der Waals surface area contributed by atoms with Crippen molar-refractivity contribution in [2.45, 2.75) is 26.8 Å². The van der Waals surface area contributed by atoms with Crippen LogP contribution in [0.15, 0.2) is 73.1 Å². The minimum atomic E-state index is -0.396. The molecular weight excluding hydrogens is 474 g/mol. The van der Waals surface area contributed by atoms with Crippen LogP contribution in [-0.2, 0) is 13.0 Å². The molecule has 0 bridgehead atoms. The molecule has 0 unspecified atom stereocenters. The summed E-state index contributed by atoms with van der Waals surface area (Å²) in [7, 11) is 1.60. The second kappa shape index (κ2) is 12.2. The van der Waals surface area contributed by atoms with Crippen molar-refractivity contribution in [3.63, 3.8) is 0 Å². The number of hydrogen-bond donors (Lipinski definition) is 0. The van der Waals surface area contributed by atoms with Crippen LogP contribution in [0.4, 0.5) is 4.79 Å². The van der Waals surface area contributed by atoms with Gasteiger partial charge < -0.3 is 19.1 Å². The van der Waals surface area contributed by atoms with Gasteiger partial charge in [0, 0.05) is 42.3 Å². The zero-order chi connectivity index (χ0) is 25.3. The predicted molar refractivity (Wildman–Crippen MR) is 141 cm³/mol. The van der Waals surface area contributed by atoms with E-state index in [4.69, 9.17) is 19.2 Å². The van der Waals surface area contributed by atoms with E-state index in [2.05, 4.69) is 11.9 Å². The van der Waals surface area contributed by atoms with Crippen molar-refractivity contribution in [3.05, 3.63) is 89.2 Å². The van der Waals surface area contributed by atoms with Gasteiger partial charge in [-0.05, 0) is 67.9 Å². The Bertz CT molecular complexity index is 1260. The van der Waals surface area contributed by atoms with Gasteiger partial charge in [-0.25, -0.2) is 9.78 Å². The Kier molecular flexibility index (Phi) is 8.52. The Morgan fingerprint density at radius 1 is 0.944 bits per heavy atom. The van der Waals surface area contributed by atoms with E-state index in [0.717, 1.165) is 34.0 Å². The zero-order valence-corrected chi connectivity index (χ0v) is 21.5. The number of hydrogen-bond acceptors (Lipinski definition) is 7. The summed E-state index contributed by atoms with van der Waals surface area (Å²) >= 11 is 1.69. The van der Waals surface area contributed by atoms with Crippen LogP contribution in [0.2, 0.25) is 0 Å². The van der Waals surface area contributed by atoms with Gasteiger partial charge in [-0.15, -0.1) is 11.3 Å². The Morgan fingerprint density at radius 2 is 1.61 bits per heavy atom. The molecule has 0 aliphatic rings. The molecule has 0 spiro atoms. The number of methoxy groups -OCH3 is 1. The molecule has 0 saturated carbocycles. The largest absolute Gasteiger partial charge is 0.497 e. The lowest BCUT2D eigenvalue weighted by Crippen LogP contribution is -2.32. The molecule has 0 radical (unpaired) electrons. The normalized spacial score (nSPS) is 10.6. The third kappa shape index (κ3) is 6.60. The summed E-state index contributed by atoms with van der Waals surface area (Å²) in [5, 5.41) is 1.00. The third-order valence-corrected chi connectivity index (χ3v) is 6.69. The highest BCUT2D eigenvalue weighted by atomic mass is 32.1. The van der Waals surface area contributed by atoms with Gasteiger partial charge in [-0.1, -0.05) is 12.1 Å². The molecule has 0 N–H and O–H groups in total. The summed E-state index contributed by atoms with van der Waals surface area (Å²) in [6, 6.07) is 18.7. The van der Waals surface area contributed by atoms with Crippen LogP contribution in [0.5, 0.6) is 17.2 Å². The first-order valence-corrected chi connectivity index (χ1v) is 12.6. The van der Waals surface area contributed by atoms with E-state index < -0.39 is 6.09 Å². The molecule has 4 rings (SSSR count). The van der Waals surface area contributed by atoms with Gasteiger partial charge in [0.1, 0.15) is 22.3 Å². The number of ether oxygens (including phenoxy) is 3. The maximum Gasteiger partial charge on any atom is 0.415 e. The van der Waals surface area contributed by atoms with Crippen LogP contribution in [0.1, 0.15) is 23.1 Å². The topological polar surface area (TPSA) is 73.8 Å². The summed E-state index contributed by atoms with van der Waals surface area (Å²) in [6.07, 6.45) is 3.90. The third-order valence-electron chi connectivity index (χ3n) is 5.63. The number of benzene rings is 2. The van der Waals surface area contributed by atoms with Crippen molar-refractivity contribution in [1.29, 1.82) is 0 Å². The van der Waals surface area contributed by atoms with Crippen LogP contribution in [0.25, 0.3) is 10.6 Å². The van der Waals surface area contributed by atoms with Crippen molar-refractivity contribution in [1.82, 2.24) is 14.9 Å². The molecule has 8 heteroatoms. The van der Waals surface area contributed by atoms with Crippen LogP contribution in [0, 0.1) is 6.92 Å². The summed E-state index contributed by atoms with van der Waals surface area (Å²) in [4.78, 5) is 24.3. The first-order valence-electron chi connectivity index (χ1n) is 11.7. The minimum Gasteiger partial charge on any atom is -0.497 e. The van der Waals surface area contributed by atoms with Crippen molar-refractivity contribution in [2.75, 3.05) is 20.3 Å². The lowest BCUT2D eigenvalue weighted by Gasteiger charge is -2.20. The molecule has 0 saturated heterocycles. The van der Waals surface area contributed by atoms with Gasteiger partial charge in [-0.2, -0.15) is 0 Å². The van der Waals surface area contributed by atoms with Gasteiger partial charge >= 0.3 is 6.09 Å². The number of aryl methyl sites for hydroxylation is 1. The van der Waals surface area contributed by atoms with E-state index in [0.29, 0.717) is 31.2 Å². The minimum absolute atomic E-state index is 0.396. The summed E-state index contributed by atoms with van der Waals surface area (Å²) in [5.74, 6) is 1.97. The van der Waals surface area contributed by atoms with E-state index >= 15 is 0 Å². The molecule has 7 nitrogen and oxygen atoms in total. The highest BCUT2D eigenvalue weighted by Crippen LogP contribution is 2.27. The van der Waals surface area contributed by atoms with Gasteiger partial charge in [0.2, 0.25) is 0 Å². The van der Waals surface area contributed by atoms with Crippen LogP contribution in [-0.4, -0.2) is 41.2 Å². The first-order chi connectivity index (χ1) is 17.6. The van der Waals surface area contributed by atoms with Crippen molar-refractivity contribution < 1.29 is 19.0 Å². The molecule has 1 amide bonds. The smallest absolute Gasteiger partial charge is 0.415 e. The molecule has 186 valence electrons. The fourth-order valence-electron chi connectivity index (χ4n) is 3.57. The van der Waals surface area contributed by atoms with Gasteiger partial charge in [-0.3, -0.25) is 4.98 Å². The number of carbonyl (C=O) groups is 1. The molecule has 0 aliphatic heterocycles. The molecule has 0 aliphatic carbocycles. The zero-order valence-electron chi connectivity index (χ0n) is 20.6. The Labute approximate surface area is 215 Å². The molecule has 4 aromatic rings. The highest BCUT2D eigenvalue weighted by molar-refractivity contribution is 7.15.